The normalized spacial score (nSPS) is 22.2. The second-order valence-corrected chi connectivity index (χ2v) is 7.85. The van der Waals surface area contributed by atoms with Crippen LogP contribution >= 0.6 is 0 Å². The first-order chi connectivity index (χ1) is 11.8. The van der Waals surface area contributed by atoms with Crippen molar-refractivity contribution in [3.8, 4) is 0 Å². The standard InChI is InChI=1S/C19H31N5O/c1-14-12-16(17(20)25)18(21-15(14)2)24-9-5-8-23(4)19(13-24)6-10-22(3)11-7-19/h12H,5-11,13H2,1-4H3,(H2,20,25). The number of amides is 1. The maximum absolute atomic E-state index is 12.0. The van der Waals surface area contributed by atoms with Crippen molar-refractivity contribution in [2.45, 2.75) is 38.6 Å². The van der Waals surface area contributed by atoms with E-state index in [-0.39, 0.29) is 11.4 Å². The molecule has 1 aromatic rings. The van der Waals surface area contributed by atoms with Gasteiger partial charge in [0.2, 0.25) is 0 Å². The highest BCUT2D eigenvalue weighted by molar-refractivity contribution is 5.98. The number of nitrogens with two attached hydrogens (primary N) is 1. The van der Waals surface area contributed by atoms with Crippen molar-refractivity contribution in [1.29, 1.82) is 0 Å². The number of likely N-dealkylation sites (N-methyl/N-ethyl adjacent to an activating group) is 1. The van der Waals surface area contributed by atoms with E-state index in [0.717, 1.165) is 69.1 Å². The van der Waals surface area contributed by atoms with Gasteiger partial charge in [0, 0.05) is 30.9 Å². The van der Waals surface area contributed by atoms with Crippen LogP contribution in [0.5, 0.6) is 0 Å². The number of anilines is 1. The van der Waals surface area contributed by atoms with Gasteiger partial charge in [-0.3, -0.25) is 9.69 Å². The molecule has 138 valence electrons. The summed E-state index contributed by atoms with van der Waals surface area (Å²) in [5.41, 5.74) is 8.35. The minimum absolute atomic E-state index is 0.151. The summed E-state index contributed by atoms with van der Waals surface area (Å²) in [4.78, 5) is 24.0. The summed E-state index contributed by atoms with van der Waals surface area (Å²) in [6.07, 6.45) is 3.36. The molecule has 0 radical (unpaired) electrons. The molecule has 0 bridgehead atoms. The first-order valence-corrected chi connectivity index (χ1v) is 9.25. The van der Waals surface area contributed by atoms with Crippen LogP contribution in [0.4, 0.5) is 5.82 Å². The number of pyridine rings is 1. The number of aromatic nitrogens is 1. The van der Waals surface area contributed by atoms with E-state index in [0.29, 0.717) is 5.56 Å². The topological polar surface area (TPSA) is 65.7 Å². The Kier molecular flexibility index (Phi) is 5.02. The molecule has 0 aliphatic carbocycles. The molecule has 1 aromatic heterocycles. The highest BCUT2D eigenvalue weighted by Crippen LogP contribution is 2.33. The van der Waals surface area contributed by atoms with Gasteiger partial charge >= 0.3 is 0 Å². The number of piperidine rings is 1. The van der Waals surface area contributed by atoms with Crippen LogP contribution in [0, 0.1) is 13.8 Å². The van der Waals surface area contributed by atoms with E-state index in [4.69, 9.17) is 10.7 Å². The Morgan fingerprint density at radius 2 is 1.84 bits per heavy atom. The van der Waals surface area contributed by atoms with E-state index in [1.54, 1.807) is 0 Å². The molecule has 1 spiro atoms. The van der Waals surface area contributed by atoms with Crippen molar-refractivity contribution in [3.63, 3.8) is 0 Å². The molecule has 0 saturated carbocycles. The third kappa shape index (κ3) is 3.51. The van der Waals surface area contributed by atoms with Crippen molar-refractivity contribution < 1.29 is 4.79 Å². The van der Waals surface area contributed by atoms with Crippen LogP contribution in [0.25, 0.3) is 0 Å². The molecule has 2 N–H and O–H groups in total. The summed E-state index contributed by atoms with van der Waals surface area (Å²) in [7, 11) is 4.44. The monoisotopic (exact) mass is 345 g/mol. The van der Waals surface area contributed by atoms with E-state index >= 15 is 0 Å². The maximum Gasteiger partial charge on any atom is 0.252 e. The van der Waals surface area contributed by atoms with Gasteiger partial charge in [-0.15, -0.1) is 0 Å². The molecule has 0 aromatic carbocycles. The molecule has 6 nitrogen and oxygen atoms in total. The molecule has 1 amide bonds. The highest BCUT2D eigenvalue weighted by atomic mass is 16.1. The zero-order chi connectivity index (χ0) is 18.2. The minimum Gasteiger partial charge on any atom is -0.365 e. The first kappa shape index (κ1) is 18.1. The smallest absolute Gasteiger partial charge is 0.252 e. The molecule has 6 heteroatoms. The van der Waals surface area contributed by atoms with Gasteiger partial charge in [0.1, 0.15) is 5.82 Å². The number of carbonyl (C=O) groups is 1. The fourth-order valence-electron chi connectivity index (χ4n) is 4.16. The Bertz CT molecular complexity index is 651. The van der Waals surface area contributed by atoms with Crippen LogP contribution in [0.3, 0.4) is 0 Å². The van der Waals surface area contributed by atoms with Crippen molar-refractivity contribution in [1.82, 2.24) is 14.8 Å². The first-order valence-electron chi connectivity index (χ1n) is 9.25. The lowest BCUT2D eigenvalue weighted by molar-refractivity contribution is 0.0603. The molecule has 0 unspecified atom stereocenters. The molecule has 2 fully saturated rings. The van der Waals surface area contributed by atoms with E-state index in [2.05, 4.69) is 28.8 Å². The number of rotatable bonds is 2. The SMILES string of the molecule is Cc1cc(C(N)=O)c(N2CCCN(C)C3(CCN(C)CC3)C2)nc1C. The van der Waals surface area contributed by atoms with Gasteiger partial charge in [-0.2, -0.15) is 0 Å². The summed E-state index contributed by atoms with van der Waals surface area (Å²) in [6.45, 7) is 9.11. The van der Waals surface area contributed by atoms with Crippen LogP contribution in [0.1, 0.15) is 40.9 Å². The number of hydrogen-bond donors (Lipinski definition) is 1. The lowest BCUT2D eigenvalue weighted by atomic mass is 9.85. The van der Waals surface area contributed by atoms with Gasteiger partial charge in [-0.05, 0) is 71.9 Å². The molecule has 3 heterocycles. The van der Waals surface area contributed by atoms with Gasteiger partial charge in [0.05, 0.1) is 5.56 Å². The van der Waals surface area contributed by atoms with Gasteiger partial charge in [-0.25, -0.2) is 4.98 Å². The number of primary amides is 1. The third-order valence-electron chi connectivity index (χ3n) is 6.15. The zero-order valence-electron chi connectivity index (χ0n) is 16.0. The second kappa shape index (κ2) is 6.92. The maximum atomic E-state index is 12.0. The second-order valence-electron chi connectivity index (χ2n) is 7.85. The Morgan fingerprint density at radius 3 is 2.48 bits per heavy atom. The zero-order valence-corrected chi connectivity index (χ0v) is 16.0. The van der Waals surface area contributed by atoms with E-state index < -0.39 is 0 Å². The number of nitrogens with zero attached hydrogens (tertiary/aromatic N) is 4. The molecule has 3 rings (SSSR count). The van der Waals surface area contributed by atoms with E-state index in [1.165, 1.54) is 0 Å². The number of aryl methyl sites for hydroxylation is 2. The fraction of sp³-hybridized carbons (Fsp3) is 0.684. The minimum atomic E-state index is -0.388. The molecule has 2 saturated heterocycles. The summed E-state index contributed by atoms with van der Waals surface area (Å²) in [5.74, 6) is 0.379. The van der Waals surface area contributed by atoms with Crippen molar-refractivity contribution >= 4 is 11.7 Å². The number of carbonyl (C=O) groups excluding carboxylic acids is 1. The Morgan fingerprint density at radius 1 is 1.16 bits per heavy atom. The molecule has 25 heavy (non-hydrogen) atoms. The molecule has 0 atom stereocenters. The quantitative estimate of drug-likeness (QED) is 0.878. The molecule has 2 aliphatic heterocycles. The van der Waals surface area contributed by atoms with Crippen molar-refractivity contribution in [3.05, 3.63) is 22.9 Å². The van der Waals surface area contributed by atoms with Gasteiger partial charge in [-0.1, -0.05) is 0 Å². The Balaban J connectivity index is 1.97. The van der Waals surface area contributed by atoms with E-state index in [9.17, 15) is 4.79 Å². The fourth-order valence-corrected chi connectivity index (χ4v) is 4.16. The van der Waals surface area contributed by atoms with Crippen molar-refractivity contribution in [2.75, 3.05) is 51.7 Å². The van der Waals surface area contributed by atoms with Crippen LogP contribution < -0.4 is 10.6 Å². The lowest BCUT2D eigenvalue weighted by Gasteiger charge is -2.47. The van der Waals surface area contributed by atoms with Crippen molar-refractivity contribution in [2.24, 2.45) is 5.73 Å². The highest BCUT2D eigenvalue weighted by Gasteiger charge is 2.41. The van der Waals surface area contributed by atoms with Crippen LogP contribution in [-0.4, -0.2) is 73.0 Å². The van der Waals surface area contributed by atoms with Crippen LogP contribution in [-0.2, 0) is 0 Å². The summed E-state index contributed by atoms with van der Waals surface area (Å²) < 4.78 is 0. The average Bonchev–Trinajstić information content (AvgIpc) is 2.72. The van der Waals surface area contributed by atoms with E-state index in [1.807, 2.05) is 19.9 Å². The summed E-state index contributed by atoms with van der Waals surface area (Å²) in [6, 6.07) is 1.90. The van der Waals surface area contributed by atoms with Gasteiger partial charge < -0.3 is 15.5 Å². The predicted molar refractivity (Wildman–Crippen MR) is 101 cm³/mol. The number of likely N-dealkylation sites (tertiary alicyclic amines) is 1. The summed E-state index contributed by atoms with van der Waals surface area (Å²) >= 11 is 0. The number of hydrogen-bond acceptors (Lipinski definition) is 5. The van der Waals surface area contributed by atoms with Gasteiger partial charge in [0.15, 0.2) is 0 Å². The van der Waals surface area contributed by atoms with Crippen LogP contribution in [0.2, 0.25) is 0 Å². The summed E-state index contributed by atoms with van der Waals surface area (Å²) in [5, 5.41) is 0. The molecular formula is C19H31N5O. The molecular weight excluding hydrogens is 314 g/mol. The Hall–Kier alpha value is -1.66. The lowest BCUT2D eigenvalue weighted by Crippen LogP contribution is -2.58. The van der Waals surface area contributed by atoms with Crippen LogP contribution in [0.15, 0.2) is 6.07 Å². The largest absolute Gasteiger partial charge is 0.365 e. The average molecular weight is 345 g/mol. The third-order valence-corrected chi connectivity index (χ3v) is 6.15. The predicted octanol–water partition coefficient (Wildman–Crippen LogP) is 1.40. The Labute approximate surface area is 151 Å². The molecule has 2 aliphatic rings. The van der Waals surface area contributed by atoms with Gasteiger partial charge in [0.25, 0.3) is 5.91 Å².